The first-order valence-electron chi connectivity index (χ1n) is 9.19. The van der Waals surface area contributed by atoms with E-state index in [-0.39, 0.29) is 12.5 Å². The van der Waals surface area contributed by atoms with Crippen LogP contribution in [0, 0.1) is 13.8 Å². The van der Waals surface area contributed by atoms with Crippen molar-refractivity contribution in [3.8, 4) is 5.75 Å². The second-order valence-electron chi connectivity index (χ2n) is 6.88. The van der Waals surface area contributed by atoms with Crippen LogP contribution in [0.2, 0.25) is 0 Å². The number of hydrogen-bond acceptors (Lipinski definition) is 5. The highest BCUT2D eigenvalue weighted by molar-refractivity contribution is 7.13. The minimum atomic E-state index is 0.0421. The van der Waals surface area contributed by atoms with Gasteiger partial charge in [-0.05, 0) is 48.6 Å². The first-order valence-corrected chi connectivity index (χ1v) is 9.97. The van der Waals surface area contributed by atoms with E-state index in [4.69, 9.17) is 4.74 Å². The van der Waals surface area contributed by atoms with Crippen LogP contribution in [0.5, 0.6) is 5.75 Å². The fourth-order valence-electron chi connectivity index (χ4n) is 3.52. The predicted octanol–water partition coefficient (Wildman–Crippen LogP) is 3.64. The maximum atomic E-state index is 12.6. The smallest absolute Gasteiger partial charge is 0.260 e. The van der Waals surface area contributed by atoms with Gasteiger partial charge in [0.1, 0.15) is 11.6 Å². The predicted molar refractivity (Wildman–Crippen MR) is 110 cm³/mol. The summed E-state index contributed by atoms with van der Waals surface area (Å²) in [5.41, 5.74) is 2.12. The zero-order valence-corrected chi connectivity index (χ0v) is 16.5. The first-order chi connectivity index (χ1) is 13.1. The van der Waals surface area contributed by atoms with Crippen molar-refractivity contribution in [1.82, 2.24) is 9.27 Å². The van der Waals surface area contributed by atoms with E-state index in [2.05, 4.69) is 21.4 Å². The van der Waals surface area contributed by atoms with Gasteiger partial charge in [0.2, 0.25) is 0 Å². The van der Waals surface area contributed by atoms with Crippen molar-refractivity contribution in [2.45, 2.75) is 13.8 Å². The van der Waals surface area contributed by atoms with E-state index >= 15 is 0 Å². The fourth-order valence-corrected chi connectivity index (χ4v) is 4.32. The molecule has 2 heterocycles. The zero-order chi connectivity index (χ0) is 18.8. The third kappa shape index (κ3) is 3.62. The summed E-state index contributed by atoms with van der Waals surface area (Å²) in [5.74, 6) is 1.90. The van der Waals surface area contributed by atoms with Gasteiger partial charge in [-0.2, -0.15) is 4.37 Å². The van der Waals surface area contributed by atoms with Crippen molar-refractivity contribution < 1.29 is 9.53 Å². The van der Waals surface area contributed by atoms with E-state index in [9.17, 15) is 4.79 Å². The van der Waals surface area contributed by atoms with Crippen LogP contribution < -0.4 is 9.64 Å². The van der Waals surface area contributed by atoms with Crippen LogP contribution in [0.4, 0.5) is 5.82 Å². The van der Waals surface area contributed by atoms with Crippen molar-refractivity contribution in [1.29, 1.82) is 0 Å². The number of hydrogen-bond donors (Lipinski definition) is 0. The summed E-state index contributed by atoms with van der Waals surface area (Å²) in [5, 5.41) is 1.20. The molecule has 0 atom stereocenters. The molecule has 0 bridgehead atoms. The third-order valence-electron chi connectivity index (χ3n) is 5.04. The average molecular weight is 382 g/mol. The number of carbonyl (C=O) groups excluding carboxylic acids is 1. The Hall–Kier alpha value is -2.60. The van der Waals surface area contributed by atoms with Crippen molar-refractivity contribution in [3.05, 3.63) is 53.6 Å². The van der Waals surface area contributed by atoms with Crippen molar-refractivity contribution in [2.75, 3.05) is 37.7 Å². The number of anilines is 1. The number of carbonyl (C=O) groups is 1. The summed E-state index contributed by atoms with van der Waals surface area (Å²) in [6.07, 6.45) is 0. The summed E-state index contributed by atoms with van der Waals surface area (Å²) in [4.78, 5) is 16.7. The number of nitrogens with zero attached hydrogens (tertiary/aromatic N) is 3. The number of aryl methyl sites for hydroxylation is 2. The van der Waals surface area contributed by atoms with E-state index in [1.807, 2.05) is 49.1 Å². The van der Waals surface area contributed by atoms with Gasteiger partial charge >= 0.3 is 0 Å². The molecule has 0 aliphatic carbocycles. The van der Waals surface area contributed by atoms with Gasteiger partial charge in [-0.25, -0.2) is 0 Å². The van der Waals surface area contributed by atoms with Crippen LogP contribution >= 0.6 is 11.5 Å². The molecule has 1 fully saturated rings. The van der Waals surface area contributed by atoms with E-state index in [0.29, 0.717) is 13.1 Å². The molecular weight excluding hydrogens is 358 g/mol. The molecule has 0 N–H and O–H groups in total. The molecule has 1 aromatic heterocycles. The molecule has 6 heteroatoms. The van der Waals surface area contributed by atoms with Gasteiger partial charge in [-0.1, -0.05) is 30.3 Å². The molecule has 1 aliphatic heterocycles. The number of piperazine rings is 1. The monoisotopic (exact) mass is 381 g/mol. The normalized spacial score (nSPS) is 14.6. The van der Waals surface area contributed by atoms with Gasteiger partial charge < -0.3 is 14.5 Å². The molecule has 27 heavy (non-hydrogen) atoms. The second kappa shape index (κ2) is 7.56. The lowest BCUT2D eigenvalue weighted by atomic mass is 10.1. The average Bonchev–Trinajstić information content (AvgIpc) is 3.12. The molecule has 1 amide bonds. The summed E-state index contributed by atoms with van der Waals surface area (Å²) in [6, 6.07) is 14.3. The Balaban J connectivity index is 1.35. The first kappa shape index (κ1) is 17.8. The van der Waals surface area contributed by atoms with Crippen molar-refractivity contribution >= 4 is 33.3 Å². The lowest BCUT2D eigenvalue weighted by Gasteiger charge is -2.35. The SMILES string of the molecule is Cc1cccc(C)c1OCC(=O)N1CCN(c2nsc3ccccc23)CC1. The molecule has 1 saturated heterocycles. The molecule has 0 spiro atoms. The second-order valence-corrected chi connectivity index (χ2v) is 7.68. The van der Waals surface area contributed by atoms with Gasteiger partial charge in [0, 0.05) is 31.6 Å². The maximum Gasteiger partial charge on any atom is 0.260 e. The van der Waals surface area contributed by atoms with Crippen LogP contribution in [0.3, 0.4) is 0 Å². The molecule has 5 nitrogen and oxygen atoms in total. The molecular formula is C21H23N3O2S. The van der Waals surface area contributed by atoms with E-state index in [1.54, 1.807) is 0 Å². The Kier molecular flexibility index (Phi) is 4.99. The quantitative estimate of drug-likeness (QED) is 0.692. The molecule has 1 aliphatic rings. The summed E-state index contributed by atoms with van der Waals surface area (Å²) < 4.78 is 11.6. The molecule has 0 unspecified atom stereocenters. The Morgan fingerprint density at radius 2 is 1.74 bits per heavy atom. The van der Waals surface area contributed by atoms with Gasteiger partial charge in [0.25, 0.3) is 5.91 Å². The minimum absolute atomic E-state index is 0.0421. The lowest BCUT2D eigenvalue weighted by molar-refractivity contribution is -0.133. The van der Waals surface area contributed by atoms with Gasteiger partial charge in [-0.15, -0.1) is 0 Å². The van der Waals surface area contributed by atoms with Crippen molar-refractivity contribution in [3.63, 3.8) is 0 Å². The number of benzene rings is 2. The Bertz CT molecular complexity index is 941. The topological polar surface area (TPSA) is 45.7 Å². The lowest BCUT2D eigenvalue weighted by Crippen LogP contribution is -2.50. The van der Waals surface area contributed by atoms with Gasteiger partial charge in [0.15, 0.2) is 6.61 Å². The largest absolute Gasteiger partial charge is 0.483 e. The summed E-state index contributed by atoms with van der Waals surface area (Å²) >= 11 is 1.53. The number of fused-ring (bicyclic) bond motifs is 1. The van der Waals surface area contributed by atoms with E-state index < -0.39 is 0 Å². The zero-order valence-electron chi connectivity index (χ0n) is 15.6. The third-order valence-corrected chi connectivity index (χ3v) is 5.86. The molecule has 140 valence electrons. The number of amides is 1. The van der Waals surface area contributed by atoms with Gasteiger partial charge in [0.05, 0.1) is 4.70 Å². The molecule has 4 rings (SSSR count). The van der Waals surface area contributed by atoms with Gasteiger partial charge in [-0.3, -0.25) is 4.79 Å². The Morgan fingerprint density at radius 1 is 1.04 bits per heavy atom. The molecule has 0 saturated carbocycles. The van der Waals surface area contributed by atoms with E-state index in [1.165, 1.54) is 21.6 Å². The Labute approximate surface area is 163 Å². The fraction of sp³-hybridized carbons (Fsp3) is 0.333. The highest BCUT2D eigenvalue weighted by Gasteiger charge is 2.24. The minimum Gasteiger partial charge on any atom is -0.483 e. The van der Waals surface area contributed by atoms with Crippen molar-refractivity contribution in [2.24, 2.45) is 0 Å². The van der Waals surface area contributed by atoms with Crippen LogP contribution in [0.1, 0.15) is 11.1 Å². The number of aromatic nitrogens is 1. The Morgan fingerprint density at radius 3 is 2.48 bits per heavy atom. The maximum absolute atomic E-state index is 12.6. The van der Waals surface area contributed by atoms with Crippen LogP contribution in [0.15, 0.2) is 42.5 Å². The van der Waals surface area contributed by atoms with E-state index in [0.717, 1.165) is 35.8 Å². The molecule has 2 aromatic carbocycles. The number of rotatable bonds is 4. The van der Waals surface area contributed by atoms with Crippen LogP contribution in [-0.4, -0.2) is 48.0 Å². The number of para-hydroxylation sites is 1. The summed E-state index contributed by atoms with van der Waals surface area (Å²) in [7, 11) is 0. The highest BCUT2D eigenvalue weighted by Crippen LogP contribution is 2.30. The van der Waals surface area contributed by atoms with Crippen LogP contribution in [0.25, 0.3) is 10.1 Å². The highest BCUT2D eigenvalue weighted by atomic mass is 32.1. The molecule has 0 radical (unpaired) electrons. The standard InChI is InChI=1S/C21H23N3O2S/c1-15-6-5-7-16(2)20(15)26-14-19(25)23-10-12-24(13-11-23)21-17-8-3-4-9-18(17)27-22-21/h3-9H,10-14H2,1-2H3. The molecule has 3 aromatic rings. The summed E-state index contributed by atoms with van der Waals surface area (Å²) in [6.45, 7) is 7.08. The number of ether oxygens (including phenoxy) is 1. The van der Waals surface area contributed by atoms with Crippen LogP contribution in [-0.2, 0) is 4.79 Å².